The summed E-state index contributed by atoms with van der Waals surface area (Å²) in [4.78, 5) is 18.5. The van der Waals surface area contributed by atoms with E-state index in [1.807, 2.05) is 0 Å². The van der Waals surface area contributed by atoms with Gasteiger partial charge in [-0.05, 0) is 44.2 Å². The molecule has 1 aliphatic heterocycles. The predicted molar refractivity (Wildman–Crippen MR) is 111 cm³/mol. The molecule has 0 saturated carbocycles. The highest BCUT2D eigenvalue weighted by atomic mass is 19.2. The van der Waals surface area contributed by atoms with Crippen LogP contribution < -0.4 is 11.1 Å². The fourth-order valence-electron chi connectivity index (χ4n) is 3.97. The molecular formula is C22H21F4N5O. The van der Waals surface area contributed by atoms with E-state index >= 15 is 0 Å². The first-order valence-corrected chi connectivity index (χ1v) is 9.92. The van der Waals surface area contributed by atoms with Gasteiger partial charge in [-0.2, -0.15) is 0 Å². The number of imidazole rings is 1. The third kappa shape index (κ3) is 3.60. The average molecular weight is 447 g/mol. The van der Waals surface area contributed by atoms with E-state index in [9.17, 15) is 22.4 Å². The lowest BCUT2D eigenvalue weighted by atomic mass is 9.99. The molecule has 32 heavy (non-hydrogen) atoms. The Morgan fingerprint density at radius 3 is 2.38 bits per heavy atom. The zero-order chi connectivity index (χ0) is 23.2. The van der Waals surface area contributed by atoms with Gasteiger partial charge >= 0.3 is 0 Å². The van der Waals surface area contributed by atoms with Crippen LogP contribution in [0.25, 0.3) is 11.3 Å². The molecule has 0 fully saturated rings. The Balaban J connectivity index is 1.91. The van der Waals surface area contributed by atoms with Gasteiger partial charge < -0.3 is 20.5 Å². The molecule has 1 aromatic heterocycles. The fourth-order valence-corrected chi connectivity index (χ4v) is 3.97. The number of hydrogen-bond donors (Lipinski definition) is 2. The molecule has 0 saturated heterocycles. The highest BCUT2D eigenvalue weighted by Crippen LogP contribution is 2.40. The molecule has 1 aliphatic rings. The molecule has 6 nitrogen and oxygen atoms in total. The zero-order valence-electron chi connectivity index (χ0n) is 17.4. The molecule has 10 heteroatoms. The van der Waals surface area contributed by atoms with Crippen LogP contribution in [0.5, 0.6) is 0 Å². The van der Waals surface area contributed by atoms with E-state index in [0.29, 0.717) is 36.5 Å². The number of rotatable bonds is 4. The van der Waals surface area contributed by atoms with Gasteiger partial charge in [0.15, 0.2) is 11.6 Å². The highest BCUT2D eigenvalue weighted by Gasteiger charge is 2.41. The lowest BCUT2D eigenvalue weighted by molar-refractivity contribution is -0.137. The first-order chi connectivity index (χ1) is 15.1. The highest BCUT2D eigenvalue weighted by molar-refractivity contribution is 5.80. The SMILES string of the molecule is CC1(C)c2nc(-c3cc(F)c(F)cc3F)c(Nc3ccc(F)cc3)n2CCN1C(=O)CN. The smallest absolute Gasteiger partial charge is 0.237 e. The number of anilines is 2. The summed E-state index contributed by atoms with van der Waals surface area (Å²) < 4.78 is 57.3. The van der Waals surface area contributed by atoms with Crippen molar-refractivity contribution in [3.05, 3.63) is 65.5 Å². The number of carbonyl (C=O) groups excluding carboxylic acids is 1. The predicted octanol–water partition coefficient (Wildman–Crippen LogP) is 3.89. The zero-order valence-corrected chi connectivity index (χ0v) is 17.4. The molecule has 1 amide bonds. The molecule has 0 unspecified atom stereocenters. The monoisotopic (exact) mass is 447 g/mol. The second kappa shape index (κ2) is 7.94. The van der Waals surface area contributed by atoms with Crippen LogP contribution in [0.15, 0.2) is 36.4 Å². The number of fused-ring (bicyclic) bond motifs is 1. The van der Waals surface area contributed by atoms with Crippen LogP contribution in [0.4, 0.5) is 29.1 Å². The minimum absolute atomic E-state index is 0.0378. The quantitative estimate of drug-likeness (QED) is 0.470. The van der Waals surface area contributed by atoms with Gasteiger partial charge in [-0.3, -0.25) is 4.79 Å². The molecule has 0 aliphatic carbocycles. The topological polar surface area (TPSA) is 76.2 Å². The van der Waals surface area contributed by atoms with Crippen molar-refractivity contribution >= 4 is 17.4 Å². The Morgan fingerprint density at radius 2 is 1.72 bits per heavy atom. The van der Waals surface area contributed by atoms with Gasteiger partial charge in [0.25, 0.3) is 0 Å². The Kier molecular flexibility index (Phi) is 5.41. The number of nitrogens with zero attached hydrogens (tertiary/aromatic N) is 3. The van der Waals surface area contributed by atoms with E-state index in [1.165, 1.54) is 24.3 Å². The van der Waals surface area contributed by atoms with Crippen LogP contribution in [-0.2, 0) is 16.9 Å². The van der Waals surface area contributed by atoms with Crippen molar-refractivity contribution in [2.45, 2.75) is 25.9 Å². The van der Waals surface area contributed by atoms with E-state index in [1.54, 1.807) is 23.3 Å². The maximum Gasteiger partial charge on any atom is 0.237 e. The summed E-state index contributed by atoms with van der Waals surface area (Å²) in [7, 11) is 0. The van der Waals surface area contributed by atoms with Crippen LogP contribution in [0, 0.1) is 23.3 Å². The first-order valence-electron chi connectivity index (χ1n) is 9.92. The molecule has 0 spiro atoms. The third-order valence-electron chi connectivity index (χ3n) is 5.58. The summed E-state index contributed by atoms with van der Waals surface area (Å²) in [5, 5.41) is 3.09. The van der Waals surface area contributed by atoms with E-state index in [0.717, 1.165) is 6.07 Å². The Hall–Kier alpha value is -3.40. The Morgan fingerprint density at radius 1 is 1.06 bits per heavy atom. The van der Waals surface area contributed by atoms with Crippen molar-refractivity contribution in [2.24, 2.45) is 5.73 Å². The largest absolute Gasteiger partial charge is 0.340 e. The van der Waals surface area contributed by atoms with Gasteiger partial charge in [-0.1, -0.05) is 0 Å². The van der Waals surface area contributed by atoms with Crippen LogP contribution in [-0.4, -0.2) is 33.4 Å². The molecule has 2 heterocycles. The number of benzene rings is 2. The number of halogens is 4. The van der Waals surface area contributed by atoms with Gasteiger partial charge in [0, 0.05) is 30.4 Å². The third-order valence-corrected chi connectivity index (χ3v) is 5.58. The minimum Gasteiger partial charge on any atom is -0.340 e. The Bertz CT molecular complexity index is 1190. The number of aromatic nitrogens is 2. The van der Waals surface area contributed by atoms with Crippen molar-refractivity contribution in [1.29, 1.82) is 0 Å². The van der Waals surface area contributed by atoms with Gasteiger partial charge in [0.1, 0.15) is 29.0 Å². The van der Waals surface area contributed by atoms with E-state index in [2.05, 4.69) is 10.3 Å². The van der Waals surface area contributed by atoms with E-state index < -0.39 is 28.8 Å². The maximum atomic E-state index is 14.7. The maximum absolute atomic E-state index is 14.7. The second-order valence-electron chi connectivity index (χ2n) is 7.97. The summed E-state index contributed by atoms with van der Waals surface area (Å²) in [5.41, 5.74) is 4.91. The normalized spacial score (nSPS) is 14.9. The molecule has 0 atom stereocenters. The van der Waals surface area contributed by atoms with Crippen LogP contribution in [0.1, 0.15) is 19.7 Å². The summed E-state index contributed by atoms with van der Waals surface area (Å²) in [6.07, 6.45) is 0. The molecule has 3 aromatic rings. The number of nitrogens with two attached hydrogens (primary N) is 1. The summed E-state index contributed by atoms with van der Waals surface area (Å²) in [5.74, 6) is -3.52. The lowest BCUT2D eigenvalue weighted by Gasteiger charge is -2.42. The molecule has 0 radical (unpaired) electrons. The molecule has 4 rings (SSSR count). The molecule has 168 valence electrons. The number of carbonyl (C=O) groups is 1. The van der Waals surface area contributed by atoms with Gasteiger partial charge in [-0.25, -0.2) is 22.5 Å². The van der Waals surface area contributed by atoms with Crippen LogP contribution in [0.2, 0.25) is 0 Å². The first kappa shape index (κ1) is 21.8. The average Bonchev–Trinajstić information content (AvgIpc) is 3.11. The number of amides is 1. The van der Waals surface area contributed by atoms with Crippen molar-refractivity contribution in [3.8, 4) is 11.3 Å². The molecule has 2 aromatic carbocycles. The van der Waals surface area contributed by atoms with Crippen molar-refractivity contribution in [1.82, 2.24) is 14.5 Å². The van der Waals surface area contributed by atoms with E-state index in [4.69, 9.17) is 5.73 Å². The fraction of sp³-hybridized carbons (Fsp3) is 0.273. The van der Waals surface area contributed by atoms with Gasteiger partial charge in [0.2, 0.25) is 5.91 Å². The summed E-state index contributed by atoms with van der Waals surface area (Å²) in [6.45, 7) is 3.96. The number of nitrogens with one attached hydrogen (secondary N) is 1. The van der Waals surface area contributed by atoms with Gasteiger partial charge in [0.05, 0.1) is 12.1 Å². The standard InChI is InChI=1S/C22H21F4N5O/c1-22(2)21-29-19(14-9-16(25)17(26)10-15(14)24)20(28-13-5-3-12(23)4-6-13)30(21)7-8-31(22)18(32)11-27/h3-6,9-10,28H,7-8,11,27H2,1-2H3. The van der Waals surface area contributed by atoms with Crippen LogP contribution >= 0.6 is 0 Å². The lowest BCUT2D eigenvalue weighted by Crippen LogP contribution is -2.53. The molecule has 0 bridgehead atoms. The number of hydrogen-bond acceptors (Lipinski definition) is 4. The molecular weight excluding hydrogens is 426 g/mol. The van der Waals surface area contributed by atoms with Crippen molar-refractivity contribution < 1.29 is 22.4 Å². The van der Waals surface area contributed by atoms with Crippen molar-refractivity contribution in [2.75, 3.05) is 18.4 Å². The summed E-state index contributed by atoms with van der Waals surface area (Å²) >= 11 is 0. The van der Waals surface area contributed by atoms with Crippen LogP contribution in [0.3, 0.4) is 0 Å². The molecule has 3 N–H and O–H groups in total. The second-order valence-corrected chi connectivity index (χ2v) is 7.97. The van der Waals surface area contributed by atoms with Gasteiger partial charge in [-0.15, -0.1) is 0 Å². The Labute approximate surface area is 181 Å². The minimum atomic E-state index is -1.32. The van der Waals surface area contributed by atoms with Crippen molar-refractivity contribution in [3.63, 3.8) is 0 Å². The van der Waals surface area contributed by atoms with E-state index in [-0.39, 0.29) is 23.7 Å². The summed E-state index contributed by atoms with van der Waals surface area (Å²) in [6, 6.07) is 6.67.